The number of hydrogen-bond donors (Lipinski definition) is 0. The number of aromatic nitrogens is 1. The Morgan fingerprint density at radius 3 is 2.27 bits per heavy atom. The summed E-state index contributed by atoms with van der Waals surface area (Å²) in [5, 5.41) is 6.94. The van der Waals surface area contributed by atoms with Gasteiger partial charge in [0.2, 0.25) is 0 Å². The van der Waals surface area contributed by atoms with E-state index in [2.05, 4.69) is 133 Å². The van der Waals surface area contributed by atoms with Crippen LogP contribution in [0.2, 0.25) is 0 Å². The van der Waals surface area contributed by atoms with Crippen molar-refractivity contribution in [3.63, 3.8) is 0 Å². The Balaban J connectivity index is 1.23. The predicted molar refractivity (Wildman–Crippen MR) is 211 cm³/mol. The van der Waals surface area contributed by atoms with Crippen LogP contribution in [0.4, 0.5) is 5.69 Å². The van der Waals surface area contributed by atoms with E-state index < -0.39 is 0 Å². The van der Waals surface area contributed by atoms with Crippen molar-refractivity contribution in [2.45, 2.75) is 32.6 Å². The number of benzene rings is 7. The highest BCUT2D eigenvalue weighted by atomic mass is 16.5. The molecule has 0 saturated heterocycles. The Hall–Kier alpha value is -6.00. The lowest BCUT2D eigenvalue weighted by atomic mass is 9.81. The largest absolute Gasteiger partial charge is 0.462 e. The summed E-state index contributed by atoms with van der Waals surface area (Å²) in [6.45, 7) is 4.53. The van der Waals surface area contributed by atoms with Crippen molar-refractivity contribution in [2.24, 2.45) is 10.9 Å². The molecule has 7 aromatic carbocycles. The number of rotatable bonds is 4. The lowest BCUT2D eigenvalue weighted by molar-refractivity contribution is 0.0527. The van der Waals surface area contributed by atoms with Gasteiger partial charge in [0.25, 0.3) is 0 Å². The van der Waals surface area contributed by atoms with Gasteiger partial charge in [-0.2, -0.15) is 0 Å². The Morgan fingerprint density at radius 2 is 1.41 bits per heavy atom. The van der Waals surface area contributed by atoms with E-state index in [1.54, 1.807) is 0 Å². The Kier molecular flexibility index (Phi) is 7.73. The molecule has 51 heavy (non-hydrogen) atoms. The quantitative estimate of drug-likeness (QED) is 0.176. The van der Waals surface area contributed by atoms with Crippen molar-refractivity contribution in [3.05, 3.63) is 162 Å². The minimum absolute atomic E-state index is 0.251. The zero-order valence-corrected chi connectivity index (χ0v) is 28.8. The van der Waals surface area contributed by atoms with Gasteiger partial charge in [-0.1, -0.05) is 122 Å². The first kappa shape index (κ1) is 31.0. The van der Waals surface area contributed by atoms with Crippen LogP contribution in [0.5, 0.6) is 0 Å². The third-order valence-electron chi connectivity index (χ3n) is 10.6. The van der Waals surface area contributed by atoms with Gasteiger partial charge in [0, 0.05) is 28.7 Å². The number of nitrogens with zero attached hydrogens (tertiary/aromatic N) is 2. The fourth-order valence-electron chi connectivity index (χ4n) is 8.24. The molecule has 2 heterocycles. The number of aliphatic imine (C=N–C) groups is 1. The summed E-state index contributed by atoms with van der Waals surface area (Å²) >= 11 is 0. The Labute approximate surface area is 297 Å². The highest BCUT2D eigenvalue weighted by Gasteiger charge is 2.27. The van der Waals surface area contributed by atoms with Gasteiger partial charge in [0.1, 0.15) is 5.84 Å². The molecule has 0 aliphatic carbocycles. The predicted octanol–water partition coefficient (Wildman–Crippen LogP) is 12.1. The van der Waals surface area contributed by atoms with E-state index in [0.29, 0.717) is 18.1 Å². The molecule has 1 aliphatic rings. The minimum atomic E-state index is -0.306. The second-order valence-electron chi connectivity index (χ2n) is 13.8. The lowest BCUT2D eigenvalue weighted by Crippen LogP contribution is -2.19. The summed E-state index contributed by atoms with van der Waals surface area (Å²) < 4.78 is 7.91. The summed E-state index contributed by atoms with van der Waals surface area (Å²) in [4.78, 5) is 18.8. The number of esters is 1. The molecule has 9 rings (SSSR count). The van der Waals surface area contributed by atoms with Crippen LogP contribution in [0.1, 0.15) is 54.1 Å². The van der Waals surface area contributed by atoms with Crippen molar-refractivity contribution in [1.29, 1.82) is 0 Å². The van der Waals surface area contributed by atoms with Crippen LogP contribution in [-0.4, -0.2) is 23.0 Å². The molecule has 0 fully saturated rings. The van der Waals surface area contributed by atoms with Crippen LogP contribution >= 0.6 is 0 Å². The molecule has 248 valence electrons. The fourth-order valence-corrected chi connectivity index (χ4v) is 8.24. The van der Waals surface area contributed by atoms with Gasteiger partial charge in [-0.15, -0.1) is 0 Å². The number of fused-ring (bicyclic) bond motifs is 6. The van der Waals surface area contributed by atoms with Gasteiger partial charge < -0.3 is 4.74 Å². The second kappa shape index (κ2) is 12.7. The summed E-state index contributed by atoms with van der Waals surface area (Å²) in [6.07, 6.45) is 1.86. The van der Waals surface area contributed by atoms with Gasteiger partial charge in [-0.05, 0) is 87.8 Å². The van der Waals surface area contributed by atoms with Crippen LogP contribution in [0, 0.1) is 5.92 Å². The van der Waals surface area contributed by atoms with Gasteiger partial charge in [-0.25, -0.2) is 9.79 Å². The number of hydrogen-bond acceptors (Lipinski definition) is 3. The van der Waals surface area contributed by atoms with Crippen molar-refractivity contribution in [2.75, 3.05) is 6.61 Å². The van der Waals surface area contributed by atoms with Gasteiger partial charge in [-0.3, -0.25) is 4.57 Å². The van der Waals surface area contributed by atoms with Crippen molar-refractivity contribution < 1.29 is 9.53 Å². The lowest BCUT2D eigenvalue weighted by Gasteiger charge is -2.27. The molecule has 1 aromatic heterocycles. The Bertz CT molecular complexity index is 2660. The zero-order valence-electron chi connectivity index (χ0n) is 28.8. The van der Waals surface area contributed by atoms with Crippen molar-refractivity contribution in [3.8, 4) is 11.1 Å². The second-order valence-corrected chi connectivity index (χ2v) is 13.8. The number of carbonyl (C=O) groups excluding carboxylic acids is 1. The standard InChI is InChI=1S/C47H38N2O2/c1-3-51-47(50)39-24-22-32-13-6-7-15-36(32)46(39)35-23-25-44-41(29-35)38-17-9-11-19-43(38)49(44)45-27-30(2)26-40(37-16-8-10-18-42(37)48-45)34-21-20-31-12-4-5-14-33(31)28-34/h4-25,28-30,40H,3,26-27H2,1-2H3/b48-45+. The number of carbonyl (C=O) groups is 1. The average molecular weight is 663 g/mol. The highest BCUT2D eigenvalue weighted by molar-refractivity contribution is 6.17. The Morgan fingerprint density at radius 1 is 0.706 bits per heavy atom. The maximum absolute atomic E-state index is 13.3. The van der Waals surface area contributed by atoms with Crippen LogP contribution in [0.25, 0.3) is 54.5 Å². The fraction of sp³-hybridized carbons (Fsp3) is 0.149. The minimum Gasteiger partial charge on any atom is -0.462 e. The van der Waals surface area contributed by atoms with Gasteiger partial charge >= 0.3 is 5.97 Å². The molecule has 1 aliphatic heterocycles. The molecule has 0 radical (unpaired) electrons. The SMILES string of the molecule is CCOC(=O)c1ccc2ccccc2c1-c1ccc2c(c1)c1ccccc1n2/C1=N/c2ccccc2C(c2ccc3ccccc3c2)CC(C)C1. The molecule has 0 N–H and O–H groups in total. The normalized spacial score (nSPS) is 17.2. The third-order valence-corrected chi connectivity index (χ3v) is 10.6. The maximum atomic E-state index is 13.3. The molecule has 4 heteroatoms. The summed E-state index contributed by atoms with van der Waals surface area (Å²) in [6, 6.07) is 51.6. The van der Waals surface area contributed by atoms with Crippen LogP contribution < -0.4 is 0 Å². The summed E-state index contributed by atoms with van der Waals surface area (Å²) in [5.74, 6) is 1.37. The summed E-state index contributed by atoms with van der Waals surface area (Å²) in [7, 11) is 0. The topological polar surface area (TPSA) is 43.6 Å². The van der Waals surface area contributed by atoms with Crippen LogP contribution in [0.15, 0.2) is 151 Å². The molecule has 0 bridgehead atoms. The molecule has 2 unspecified atom stereocenters. The molecule has 0 spiro atoms. The van der Waals surface area contributed by atoms with E-state index >= 15 is 0 Å². The van der Waals surface area contributed by atoms with E-state index in [-0.39, 0.29) is 11.9 Å². The molecular formula is C47H38N2O2. The number of ether oxygens (including phenoxy) is 1. The molecule has 0 amide bonds. The smallest absolute Gasteiger partial charge is 0.338 e. The first-order valence-corrected chi connectivity index (χ1v) is 18.0. The third kappa shape index (κ3) is 5.39. The first-order valence-electron chi connectivity index (χ1n) is 18.0. The zero-order chi connectivity index (χ0) is 34.5. The molecule has 2 atom stereocenters. The van der Waals surface area contributed by atoms with E-state index in [1.165, 1.54) is 21.9 Å². The van der Waals surface area contributed by atoms with Crippen molar-refractivity contribution >= 4 is 60.8 Å². The molecule has 4 nitrogen and oxygen atoms in total. The van der Waals surface area contributed by atoms with Crippen molar-refractivity contribution in [1.82, 2.24) is 4.57 Å². The van der Waals surface area contributed by atoms with E-state index in [4.69, 9.17) is 9.73 Å². The van der Waals surface area contributed by atoms with E-state index in [1.807, 2.05) is 31.2 Å². The monoisotopic (exact) mass is 662 g/mol. The van der Waals surface area contributed by atoms with E-state index in [0.717, 1.165) is 68.1 Å². The number of para-hydroxylation sites is 2. The molecule has 8 aromatic rings. The maximum Gasteiger partial charge on any atom is 0.338 e. The molecule has 0 saturated carbocycles. The summed E-state index contributed by atoms with van der Waals surface area (Å²) in [5.41, 5.74) is 8.33. The van der Waals surface area contributed by atoms with Gasteiger partial charge in [0.15, 0.2) is 0 Å². The first-order chi connectivity index (χ1) is 25.1. The highest BCUT2D eigenvalue weighted by Crippen LogP contribution is 2.42. The average Bonchev–Trinajstić information content (AvgIpc) is 3.49. The molecular weight excluding hydrogens is 625 g/mol. The van der Waals surface area contributed by atoms with Crippen LogP contribution in [0.3, 0.4) is 0 Å². The van der Waals surface area contributed by atoms with Gasteiger partial charge in [0.05, 0.1) is 28.9 Å². The van der Waals surface area contributed by atoms with E-state index in [9.17, 15) is 4.79 Å². The van der Waals surface area contributed by atoms with Crippen LogP contribution in [-0.2, 0) is 4.74 Å².